The molecule has 0 radical (unpaired) electrons. The van der Waals surface area contributed by atoms with Crippen LogP contribution in [0.5, 0.6) is 0 Å². The predicted octanol–water partition coefficient (Wildman–Crippen LogP) is 2.51. The quantitative estimate of drug-likeness (QED) is 0.729. The number of carbonyl (C=O) groups excluding carboxylic acids is 1. The molecule has 7 heteroatoms. The first-order valence-electron chi connectivity index (χ1n) is 9.62. The number of hydrogen-bond acceptors (Lipinski definition) is 3. The summed E-state index contributed by atoms with van der Waals surface area (Å²) in [5, 5.41) is 12.1. The van der Waals surface area contributed by atoms with E-state index in [1.54, 1.807) is 0 Å². The lowest BCUT2D eigenvalue weighted by Crippen LogP contribution is -2.55. The van der Waals surface area contributed by atoms with E-state index in [1.807, 2.05) is 4.90 Å². The van der Waals surface area contributed by atoms with Crippen molar-refractivity contribution in [3.63, 3.8) is 0 Å². The normalized spacial score (nSPS) is 29.3. The van der Waals surface area contributed by atoms with Crippen molar-refractivity contribution in [1.29, 1.82) is 0 Å². The zero-order valence-corrected chi connectivity index (χ0v) is 15.0. The van der Waals surface area contributed by atoms with E-state index < -0.39 is 17.6 Å². The highest BCUT2D eigenvalue weighted by atomic mass is 19.1. The van der Waals surface area contributed by atoms with E-state index in [4.69, 9.17) is 5.11 Å². The third-order valence-corrected chi connectivity index (χ3v) is 5.99. The lowest BCUT2D eigenvalue weighted by Gasteiger charge is -2.42. The molecule has 5 nitrogen and oxygen atoms in total. The van der Waals surface area contributed by atoms with Gasteiger partial charge in [-0.15, -0.1) is 0 Å². The highest BCUT2D eigenvalue weighted by Crippen LogP contribution is 2.48. The Morgan fingerprint density at radius 3 is 2.56 bits per heavy atom. The van der Waals surface area contributed by atoms with E-state index in [0.29, 0.717) is 17.9 Å². The van der Waals surface area contributed by atoms with Gasteiger partial charge in [0, 0.05) is 30.6 Å². The molecule has 0 spiro atoms. The number of rotatable bonds is 8. The third-order valence-electron chi connectivity index (χ3n) is 5.99. The molecule has 3 fully saturated rings. The standard InChI is InChI=1S/C20H24F2N2O3/c21-12-3-4-15(18(22)5-12)16-8-17(16)20(27)23-13-6-14(7-13)24(10-19(25)26)9-11-1-2-11/h3-5,11,13-14,16-17H,1-2,6-10H2,(H,23,27)(H,25,26). The van der Waals surface area contributed by atoms with Gasteiger partial charge in [-0.2, -0.15) is 0 Å². The first-order chi connectivity index (χ1) is 12.9. The van der Waals surface area contributed by atoms with Crippen molar-refractivity contribution in [2.45, 2.75) is 50.1 Å². The van der Waals surface area contributed by atoms with Gasteiger partial charge in [-0.05, 0) is 55.6 Å². The summed E-state index contributed by atoms with van der Waals surface area (Å²) in [5.74, 6) is -1.93. The Labute approximate surface area is 156 Å². The van der Waals surface area contributed by atoms with Crippen molar-refractivity contribution < 1.29 is 23.5 Å². The molecule has 0 saturated heterocycles. The summed E-state index contributed by atoms with van der Waals surface area (Å²) in [4.78, 5) is 25.5. The summed E-state index contributed by atoms with van der Waals surface area (Å²) in [7, 11) is 0. The number of nitrogens with one attached hydrogen (secondary N) is 1. The molecule has 1 amide bonds. The average Bonchev–Trinajstić information content (AvgIpc) is 3.43. The van der Waals surface area contributed by atoms with Gasteiger partial charge in [-0.25, -0.2) is 8.78 Å². The summed E-state index contributed by atoms with van der Waals surface area (Å²) >= 11 is 0. The Morgan fingerprint density at radius 2 is 1.93 bits per heavy atom. The maximum Gasteiger partial charge on any atom is 0.317 e. The molecule has 3 aliphatic carbocycles. The van der Waals surface area contributed by atoms with Crippen LogP contribution in [0.1, 0.15) is 43.6 Å². The highest BCUT2D eigenvalue weighted by molar-refractivity contribution is 5.83. The largest absolute Gasteiger partial charge is 0.480 e. The molecule has 1 aromatic rings. The number of aliphatic carboxylic acids is 1. The molecule has 2 atom stereocenters. The van der Waals surface area contributed by atoms with Crippen molar-refractivity contribution in [3.05, 3.63) is 35.4 Å². The first kappa shape index (κ1) is 18.3. The number of nitrogens with zero attached hydrogens (tertiary/aromatic N) is 1. The van der Waals surface area contributed by atoms with Crippen molar-refractivity contribution in [2.24, 2.45) is 11.8 Å². The molecular formula is C20H24F2N2O3. The van der Waals surface area contributed by atoms with Crippen LogP contribution in [-0.4, -0.2) is 47.1 Å². The fourth-order valence-corrected chi connectivity index (χ4v) is 4.09. The Morgan fingerprint density at radius 1 is 1.19 bits per heavy atom. The SMILES string of the molecule is O=C(O)CN(CC1CC1)C1CC(NC(=O)C2CC2c2ccc(F)cc2F)C1. The molecule has 0 aromatic heterocycles. The molecule has 3 saturated carbocycles. The zero-order chi connectivity index (χ0) is 19.1. The minimum atomic E-state index is -0.815. The van der Waals surface area contributed by atoms with E-state index in [-0.39, 0.29) is 36.4 Å². The second-order valence-electron chi connectivity index (χ2n) is 8.21. The lowest BCUT2D eigenvalue weighted by atomic mass is 9.85. The molecule has 2 N–H and O–H groups in total. The Bertz CT molecular complexity index is 747. The van der Waals surface area contributed by atoms with Crippen molar-refractivity contribution in [3.8, 4) is 0 Å². The minimum Gasteiger partial charge on any atom is -0.480 e. The van der Waals surface area contributed by atoms with Crippen LogP contribution in [0.15, 0.2) is 18.2 Å². The average molecular weight is 378 g/mol. The van der Waals surface area contributed by atoms with E-state index in [1.165, 1.54) is 25.0 Å². The zero-order valence-electron chi connectivity index (χ0n) is 15.0. The smallest absolute Gasteiger partial charge is 0.317 e. The van der Waals surface area contributed by atoms with Gasteiger partial charge in [0.1, 0.15) is 11.6 Å². The number of carboxylic acid groups (broad SMARTS) is 1. The Kier molecular flexibility index (Phi) is 4.88. The fraction of sp³-hybridized carbons (Fsp3) is 0.600. The van der Waals surface area contributed by atoms with Gasteiger partial charge in [0.05, 0.1) is 6.54 Å². The molecule has 3 aliphatic rings. The molecule has 0 heterocycles. The highest BCUT2D eigenvalue weighted by Gasteiger charge is 2.47. The second-order valence-corrected chi connectivity index (χ2v) is 8.21. The molecule has 4 rings (SSSR count). The molecule has 0 bridgehead atoms. The Hall–Kier alpha value is -2.02. The van der Waals surface area contributed by atoms with Crippen LogP contribution in [-0.2, 0) is 9.59 Å². The minimum absolute atomic E-state index is 0.0520. The topological polar surface area (TPSA) is 69.6 Å². The van der Waals surface area contributed by atoms with E-state index in [2.05, 4.69) is 5.32 Å². The maximum absolute atomic E-state index is 13.8. The van der Waals surface area contributed by atoms with Gasteiger partial charge >= 0.3 is 5.97 Å². The van der Waals surface area contributed by atoms with Gasteiger partial charge in [-0.3, -0.25) is 14.5 Å². The van der Waals surface area contributed by atoms with Crippen LogP contribution >= 0.6 is 0 Å². The first-order valence-corrected chi connectivity index (χ1v) is 9.62. The van der Waals surface area contributed by atoms with Gasteiger partial charge in [-0.1, -0.05) is 6.07 Å². The Balaban J connectivity index is 1.25. The molecule has 2 unspecified atom stereocenters. The number of amides is 1. The second kappa shape index (κ2) is 7.19. The summed E-state index contributed by atoms with van der Waals surface area (Å²) in [6.07, 6.45) is 4.44. The summed E-state index contributed by atoms with van der Waals surface area (Å²) in [6.45, 7) is 0.878. The van der Waals surface area contributed by atoms with E-state index in [9.17, 15) is 18.4 Å². The van der Waals surface area contributed by atoms with Crippen LogP contribution in [0.4, 0.5) is 8.78 Å². The van der Waals surface area contributed by atoms with Gasteiger partial charge in [0.15, 0.2) is 0 Å². The van der Waals surface area contributed by atoms with Crippen molar-refractivity contribution in [2.75, 3.05) is 13.1 Å². The molecular weight excluding hydrogens is 354 g/mol. The summed E-state index contributed by atoms with van der Waals surface area (Å²) < 4.78 is 26.9. The third kappa shape index (κ3) is 4.29. The number of benzene rings is 1. The number of carbonyl (C=O) groups is 2. The van der Waals surface area contributed by atoms with Gasteiger partial charge < -0.3 is 10.4 Å². The van der Waals surface area contributed by atoms with Crippen LogP contribution in [0.2, 0.25) is 0 Å². The predicted molar refractivity (Wildman–Crippen MR) is 94.1 cm³/mol. The summed E-state index contributed by atoms with van der Waals surface area (Å²) in [5.41, 5.74) is 0.403. The number of hydrogen-bond donors (Lipinski definition) is 2. The van der Waals surface area contributed by atoms with Crippen molar-refractivity contribution in [1.82, 2.24) is 10.2 Å². The van der Waals surface area contributed by atoms with Crippen LogP contribution in [0, 0.1) is 23.5 Å². The van der Waals surface area contributed by atoms with Crippen LogP contribution in [0.3, 0.4) is 0 Å². The van der Waals surface area contributed by atoms with E-state index in [0.717, 1.165) is 25.5 Å². The van der Waals surface area contributed by atoms with Gasteiger partial charge in [0.25, 0.3) is 0 Å². The summed E-state index contributed by atoms with van der Waals surface area (Å²) in [6, 6.07) is 3.76. The number of halogens is 2. The van der Waals surface area contributed by atoms with E-state index >= 15 is 0 Å². The fourth-order valence-electron chi connectivity index (χ4n) is 4.09. The monoisotopic (exact) mass is 378 g/mol. The number of carboxylic acids is 1. The van der Waals surface area contributed by atoms with Gasteiger partial charge in [0.2, 0.25) is 5.91 Å². The molecule has 0 aliphatic heterocycles. The molecule has 1 aromatic carbocycles. The van der Waals surface area contributed by atoms with Crippen LogP contribution < -0.4 is 5.32 Å². The van der Waals surface area contributed by atoms with Crippen LogP contribution in [0.25, 0.3) is 0 Å². The lowest BCUT2D eigenvalue weighted by molar-refractivity contribution is -0.140. The molecule has 146 valence electrons. The van der Waals surface area contributed by atoms with Crippen molar-refractivity contribution >= 4 is 11.9 Å². The molecule has 27 heavy (non-hydrogen) atoms. The maximum atomic E-state index is 13.8.